The molecule has 1 heterocycles. The molecule has 6 nitrogen and oxygen atoms in total. The minimum Gasteiger partial charge on any atom is -0.327 e. The Morgan fingerprint density at radius 1 is 1.29 bits per heavy atom. The Balaban J connectivity index is 1.88. The normalized spacial score (nSPS) is 25.3. The average molecular weight is 292 g/mol. The Labute approximate surface area is 124 Å². The van der Waals surface area contributed by atoms with Gasteiger partial charge in [0.05, 0.1) is 18.0 Å². The number of carbonyl (C=O) groups is 1. The molecule has 6 heteroatoms. The summed E-state index contributed by atoms with van der Waals surface area (Å²) >= 11 is 0. The van der Waals surface area contributed by atoms with Gasteiger partial charge < -0.3 is 10.2 Å². The van der Waals surface area contributed by atoms with Crippen LogP contribution in [0.4, 0.5) is 11.4 Å². The van der Waals surface area contributed by atoms with E-state index in [2.05, 4.69) is 19.2 Å². The minimum absolute atomic E-state index is 0.0253. The van der Waals surface area contributed by atoms with E-state index in [0.717, 1.165) is 13.1 Å². The van der Waals surface area contributed by atoms with E-state index >= 15 is 0 Å². The number of likely N-dealkylation sites (tertiary alicyclic amines) is 1. The predicted molar refractivity (Wildman–Crippen MR) is 80.2 cm³/mol. The van der Waals surface area contributed by atoms with Crippen LogP contribution in [0.3, 0.4) is 0 Å². The van der Waals surface area contributed by atoms with Gasteiger partial charge >= 0.3 is 0 Å². The van der Waals surface area contributed by atoms with E-state index in [1.165, 1.54) is 23.5 Å². The maximum absolute atomic E-state index is 12.0. The number of hydrogen-bond acceptors (Lipinski definition) is 3. The van der Waals surface area contributed by atoms with Crippen molar-refractivity contribution in [2.45, 2.75) is 20.3 Å². The molecule has 0 unspecified atom stereocenters. The van der Waals surface area contributed by atoms with Crippen molar-refractivity contribution < 1.29 is 14.6 Å². The molecular weight excluding hydrogens is 270 g/mol. The number of nitro benzene ring substituents is 1. The number of non-ortho nitro benzene ring substituents is 1. The molecule has 2 N–H and O–H groups in total. The highest BCUT2D eigenvalue weighted by Gasteiger charge is 2.26. The molecule has 21 heavy (non-hydrogen) atoms. The number of piperidine rings is 1. The second kappa shape index (κ2) is 6.67. The Morgan fingerprint density at radius 2 is 1.86 bits per heavy atom. The summed E-state index contributed by atoms with van der Waals surface area (Å²) in [4.78, 5) is 23.5. The summed E-state index contributed by atoms with van der Waals surface area (Å²) in [6, 6.07) is 5.92. The Kier molecular flexibility index (Phi) is 4.90. The first kappa shape index (κ1) is 15.4. The quantitative estimate of drug-likeness (QED) is 0.644. The summed E-state index contributed by atoms with van der Waals surface area (Å²) in [6.07, 6.45) is 1.23. The third-order valence-electron chi connectivity index (χ3n) is 3.85. The van der Waals surface area contributed by atoms with Gasteiger partial charge in [0.1, 0.15) is 0 Å². The molecule has 0 saturated carbocycles. The fraction of sp³-hybridized carbons (Fsp3) is 0.533. The molecule has 0 aromatic heterocycles. The maximum Gasteiger partial charge on any atom is 0.279 e. The third kappa shape index (κ3) is 4.53. The van der Waals surface area contributed by atoms with E-state index in [1.54, 1.807) is 12.1 Å². The topological polar surface area (TPSA) is 76.7 Å². The highest BCUT2D eigenvalue weighted by molar-refractivity contribution is 5.91. The Morgan fingerprint density at radius 3 is 2.38 bits per heavy atom. The van der Waals surface area contributed by atoms with E-state index in [-0.39, 0.29) is 11.6 Å². The molecule has 0 spiro atoms. The van der Waals surface area contributed by atoms with Crippen molar-refractivity contribution in [3.63, 3.8) is 0 Å². The van der Waals surface area contributed by atoms with Crippen LogP contribution in [0.1, 0.15) is 20.3 Å². The van der Waals surface area contributed by atoms with Crippen LogP contribution in [-0.2, 0) is 4.79 Å². The number of quaternary nitrogens is 1. The van der Waals surface area contributed by atoms with Gasteiger partial charge in [-0.2, -0.15) is 0 Å². The van der Waals surface area contributed by atoms with Gasteiger partial charge in [-0.05, 0) is 18.6 Å². The molecule has 0 radical (unpaired) electrons. The lowest BCUT2D eigenvalue weighted by Crippen LogP contribution is -3.15. The molecule has 1 aliphatic heterocycles. The SMILES string of the molecule is C[C@@H]1C[C@@H](C)C[NH+](CC(=O)Nc2ccc([N+](=O)[O-])cc2)C1. The second-order valence-corrected chi connectivity index (χ2v) is 6.13. The molecule has 1 amide bonds. The predicted octanol–water partition coefficient (Wildman–Crippen LogP) is 1.09. The average Bonchev–Trinajstić information content (AvgIpc) is 2.37. The minimum atomic E-state index is -0.452. The molecule has 1 fully saturated rings. The molecule has 2 atom stereocenters. The summed E-state index contributed by atoms with van der Waals surface area (Å²) in [5.74, 6) is 1.26. The van der Waals surface area contributed by atoms with Crippen molar-refractivity contribution in [1.29, 1.82) is 0 Å². The number of carbonyl (C=O) groups excluding carboxylic acids is 1. The highest BCUT2D eigenvalue weighted by Crippen LogP contribution is 2.15. The van der Waals surface area contributed by atoms with Crippen molar-refractivity contribution in [3.05, 3.63) is 34.4 Å². The smallest absolute Gasteiger partial charge is 0.279 e. The molecule has 2 rings (SSSR count). The number of nitro groups is 1. The van der Waals surface area contributed by atoms with E-state index in [0.29, 0.717) is 24.1 Å². The summed E-state index contributed by atoms with van der Waals surface area (Å²) < 4.78 is 0. The first-order valence-electron chi connectivity index (χ1n) is 7.32. The van der Waals surface area contributed by atoms with Crippen LogP contribution in [0.2, 0.25) is 0 Å². The van der Waals surface area contributed by atoms with Gasteiger partial charge in [-0.25, -0.2) is 0 Å². The molecule has 0 bridgehead atoms. The van der Waals surface area contributed by atoms with Crippen LogP contribution >= 0.6 is 0 Å². The van der Waals surface area contributed by atoms with Gasteiger partial charge in [-0.3, -0.25) is 14.9 Å². The van der Waals surface area contributed by atoms with Crippen molar-refractivity contribution in [1.82, 2.24) is 0 Å². The lowest BCUT2D eigenvalue weighted by atomic mass is 9.92. The van der Waals surface area contributed by atoms with E-state index in [9.17, 15) is 14.9 Å². The standard InChI is InChI=1S/C15H21N3O3/c1-11-7-12(2)9-17(8-11)10-15(19)16-13-3-5-14(6-4-13)18(20)21/h3-6,11-12H,7-10H2,1-2H3,(H,16,19)/p+1/t11-,12-/m1/s1. The van der Waals surface area contributed by atoms with E-state index in [1.807, 2.05) is 0 Å². The largest absolute Gasteiger partial charge is 0.327 e. The monoisotopic (exact) mass is 292 g/mol. The van der Waals surface area contributed by atoms with Crippen LogP contribution in [0.25, 0.3) is 0 Å². The fourth-order valence-corrected chi connectivity index (χ4v) is 3.17. The zero-order chi connectivity index (χ0) is 15.4. The first-order valence-corrected chi connectivity index (χ1v) is 7.32. The fourth-order valence-electron chi connectivity index (χ4n) is 3.17. The molecule has 1 aliphatic rings. The van der Waals surface area contributed by atoms with Gasteiger partial charge in [0, 0.05) is 29.7 Å². The zero-order valence-corrected chi connectivity index (χ0v) is 12.5. The lowest BCUT2D eigenvalue weighted by Gasteiger charge is -2.31. The number of anilines is 1. The van der Waals surface area contributed by atoms with Crippen LogP contribution in [0.5, 0.6) is 0 Å². The summed E-state index contributed by atoms with van der Waals surface area (Å²) in [7, 11) is 0. The number of hydrogen-bond donors (Lipinski definition) is 2. The summed E-state index contributed by atoms with van der Waals surface area (Å²) in [5, 5.41) is 13.4. The van der Waals surface area contributed by atoms with Crippen molar-refractivity contribution >= 4 is 17.3 Å². The van der Waals surface area contributed by atoms with Crippen molar-refractivity contribution in [2.24, 2.45) is 11.8 Å². The lowest BCUT2D eigenvalue weighted by molar-refractivity contribution is -0.904. The molecular formula is C15H22N3O3+. The van der Waals surface area contributed by atoms with Crippen LogP contribution in [0.15, 0.2) is 24.3 Å². The van der Waals surface area contributed by atoms with Gasteiger partial charge in [0.2, 0.25) is 0 Å². The summed E-state index contributed by atoms with van der Waals surface area (Å²) in [5.41, 5.74) is 0.625. The maximum atomic E-state index is 12.0. The number of rotatable bonds is 4. The van der Waals surface area contributed by atoms with Gasteiger partial charge in [-0.1, -0.05) is 13.8 Å². The number of nitrogens with one attached hydrogen (secondary N) is 2. The van der Waals surface area contributed by atoms with E-state index < -0.39 is 4.92 Å². The molecule has 114 valence electrons. The Hall–Kier alpha value is -1.95. The van der Waals surface area contributed by atoms with Gasteiger partial charge in [0.15, 0.2) is 6.54 Å². The molecule has 1 aromatic rings. The first-order chi connectivity index (χ1) is 9.94. The van der Waals surface area contributed by atoms with Crippen LogP contribution in [0, 0.1) is 22.0 Å². The number of nitrogens with zero attached hydrogens (tertiary/aromatic N) is 1. The highest BCUT2D eigenvalue weighted by atomic mass is 16.6. The second-order valence-electron chi connectivity index (χ2n) is 6.13. The third-order valence-corrected chi connectivity index (χ3v) is 3.85. The van der Waals surface area contributed by atoms with Gasteiger partial charge in [-0.15, -0.1) is 0 Å². The van der Waals surface area contributed by atoms with Crippen LogP contribution < -0.4 is 10.2 Å². The zero-order valence-electron chi connectivity index (χ0n) is 12.5. The summed E-state index contributed by atoms with van der Waals surface area (Å²) in [6.45, 7) is 6.95. The van der Waals surface area contributed by atoms with Crippen LogP contribution in [-0.4, -0.2) is 30.5 Å². The number of amides is 1. The molecule has 0 aliphatic carbocycles. The van der Waals surface area contributed by atoms with E-state index in [4.69, 9.17) is 0 Å². The number of benzene rings is 1. The molecule has 1 aromatic carbocycles. The van der Waals surface area contributed by atoms with Crippen molar-refractivity contribution in [2.75, 3.05) is 25.0 Å². The van der Waals surface area contributed by atoms with Crippen molar-refractivity contribution in [3.8, 4) is 0 Å². The Bertz CT molecular complexity index is 505. The van der Waals surface area contributed by atoms with Gasteiger partial charge in [0.25, 0.3) is 11.6 Å². The molecule has 1 saturated heterocycles.